The molecule has 1 saturated heterocycles. The molecule has 6 nitrogen and oxygen atoms in total. The van der Waals surface area contributed by atoms with Crippen molar-refractivity contribution in [2.24, 2.45) is 0 Å². The summed E-state index contributed by atoms with van der Waals surface area (Å²) in [5, 5.41) is 9.74. The molecule has 2 aliphatic rings. The summed E-state index contributed by atoms with van der Waals surface area (Å²) in [6.07, 6.45) is 3.00. The molecule has 2 aromatic rings. The molecular formula is C23H25NO5S. The Labute approximate surface area is 180 Å². The van der Waals surface area contributed by atoms with E-state index >= 15 is 0 Å². The smallest absolute Gasteiger partial charge is 0.327 e. The molecule has 1 aliphatic heterocycles. The molecule has 1 aliphatic carbocycles. The van der Waals surface area contributed by atoms with Crippen molar-refractivity contribution in [3.05, 3.63) is 60.2 Å². The molecule has 4 rings (SSSR count). The lowest BCUT2D eigenvalue weighted by Crippen LogP contribution is -2.54. The van der Waals surface area contributed by atoms with Crippen molar-refractivity contribution in [2.45, 2.75) is 42.7 Å². The van der Waals surface area contributed by atoms with Crippen molar-refractivity contribution in [1.29, 1.82) is 0 Å². The Hall–Kier alpha value is -2.67. The van der Waals surface area contributed by atoms with Gasteiger partial charge in [0.15, 0.2) is 0 Å². The molecule has 1 N–H and O–H groups in total. The van der Waals surface area contributed by atoms with E-state index in [1.54, 1.807) is 48.0 Å². The number of hydrogen-bond donors (Lipinski definition) is 1. The minimum Gasteiger partial charge on any atom is -0.497 e. The molecule has 1 atom stereocenters. The van der Waals surface area contributed by atoms with Crippen LogP contribution in [0.1, 0.15) is 36.0 Å². The van der Waals surface area contributed by atoms with Gasteiger partial charge in [0.1, 0.15) is 17.5 Å². The summed E-state index contributed by atoms with van der Waals surface area (Å²) in [6, 6.07) is 15.7. The van der Waals surface area contributed by atoms with Gasteiger partial charge in [-0.05, 0) is 62.1 Å². The van der Waals surface area contributed by atoms with E-state index in [9.17, 15) is 14.7 Å². The number of amides is 1. The second-order valence-corrected chi connectivity index (χ2v) is 9.03. The largest absolute Gasteiger partial charge is 0.497 e. The Morgan fingerprint density at radius 2 is 1.67 bits per heavy atom. The fourth-order valence-corrected chi connectivity index (χ4v) is 5.92. The van der Waals surface area contributed by atoms with Gasteiger partial charge in [0.2, 0.25) is 0 Å². The molecule has 1 spiro atoms. The first-order valence-electron chi connectivity index (χ1n) is 10.1. The number of benzene rings is 2. The van der Waals surface area contributed by atoms with E-state index in [1.807, 2.05) is 30.3 Å². The standard InChI is InChI=1S/C23H25NO5S/c1-28-17-7-9-18(10-8-17)29-19-11-13-23(14-12-19)24(20(15-30-23)22(26)27)21(25)16-5-3-2-4-6-16/h2-10,19-20H,11-15H2,1H3,(H,26,27). The molecule has 0 radical (unpaired) electrons. The Morgan fingerprint density at radius 3 is 2.27 bits per heavy atom. The molecule has 7 heteroatoms. The Bertz CT molecular complexity index is 894. The van der Waals surface area contributed by atoms with Crippen LogP contribution in [0.2, 0.25) is 0 Å². The van der Waals surface area contributed by atoms with E-state index in [0.29, 0.717) is 24.2 Å². The van der Waals surface area contributed by atoms with E-state index in [4.69, 9.17) is 9.47 Å². The number of rotatable bonds is 5. The van der Waals surface area contributed by atoms with Crippen LogP contribution >= 0.6 is 11.8 Å². The van der Waals surface area contributed by atoms with Gasteiger partial charge in [-0.2, -0.15) is 0 Å². The summed E-state index contributed by atoms with van der Waals surface area (Å²) in [5.41, 5.74) is 0.530. The minimum atomic E-state index is -0.944. The average molecular weight is 428 g/mol. The maximum absolute atomic E-state index is 13.3. The van der Waals surface area contributed by atoms with E-state index in [0.717, 1.165) is 24.3 Å². The van der Waals surface area contributed by atoms with E-state index in [2.05, 4.69) is 0 Å². The molecule has 1 unspecified atom stereocenters. The van der Waals surface area contributed by atoms with Crippen LogP contribution in [0.25, 0.3) is 0 Å². The highest BCUT2D eigenvalue weighted by molar-refractivity contribution is 8.01. The first-order chi connectivity index (χ1) is 14.5. The molecule has 30 heavy (non-hydrogen) atoms. The lowest BCUT2D eigenvalue weighted by Gasteiger charge is -2.43. The van der Waals surface area contributed by atoms with Gasteiger partial charge in [0, 0.05) is 11.3 Å². The maximum atomic E-state index is 13.3. The van der Waals surface area contributed by atoms with Crippen LogP contribution in [0, 0.1) is 0 Å². The molecule has 1 heterocycles. The fourth-order valence-electron chi connectivity index (χ4n) is 4.28. The lowest BCUT2D eigenvalue weighted by atomic mass is 9.89. The second kappa shape index (κ2) is 8.60. The van der Waals surface area contributed by atoms with E-state index in [-0.39, 0.29) is 12.0 Å². The number of ether oxygens (including phenoxy) is 2. The number of carbonyl (C=O) groups is 2. The number of thioether (sulfide) groups is 1. The van der Waals surface area contributed by atoms with Crippen molar-refractivity contribution in [3.63, 3.8) is 0 Å². The second-order valence-electron chi connectivity index (χ2n) is 7.65. The minimum absolute atomic E-state index is 0.0437. The number of carboxylic acids is 1. The fraction of sp³-hybridized carbons (Fsp3) is 0.391. The number of nitrogens with zero attached hydrogens (tertiary/aromatic N) is 1. The number of hydrogen-bond acceptors (Lipinski definition) is 5. The van der Waals surface area contributed by atoms with E-state index in [1.165, 1.54) is 0 Å². The summed E-state index contributed by atoms with van der Waals surface area (Å²) in [6.45, 7) is 0. The van der Waals surface area contributed by atoms with E-state index < -0.39 is 16.9 Å². The third-order valence-corrected chi connectivity index (χ3v) is 7.49. The first-order valence-corrected chi connectivity index (χ1v) is 11.1. The number of carboxylic acid groups (broad SMARTS) is 1. The van der Waals surface area contributed by atoms with Crippen molar-refractivity contribution in [1.82, 2.24) is 4.90 Å². The van der Waals surface area contributed by atoms with Crippen LogP contribution in [0.5, 0.6) is 11.5 Å². The van der Waals surface area contributed by atoms with Crippen molar-refractivity contribution < 1.29 is 24.2 Å². The summed E-state index contributed by atoms with van der Waals surface area (Å²) in [7, 11) is 1.63. The monoisotopic (exact) mass is 427 g/mol. The maximum Gasteiger partial charge on any atom is 0.327 e. The Morgan fingerprint density at radius 1 is 1.03 bits per heavy atom. The van der Waals surface area contributed by atoms with Gasteiger partial charge < -0.3 is 19.5 Å². The molecule has 1 amide bonds. The van der Waals surface area contributed by atoms with Crippen LogP contribution in [0.15, 0.2) is 54.6 Å². The number of methoxy groups -OCH3 is 1. The molecular weight excluding hydrogens is 402 g/mol. The first kappa shape index (κ1) is 20.6. The molecule has 158 valence electrons. The highest BCUT2D eigenvalue weighted by Gasteiger charge is 2.53. The quantitative estimate of drug-likeness (QED) is 0.776. The summed E-state index contributed by atoms with van der Waals surface area (Å²) in [5.74, 6) is 0.832. The zero-order valence-electron chi connectivity index (χ0n) is 16.8. The van der Waals surface area contributed by atoms with Gasteiger partial charge in [-0.25, -0.2) is 4.79 Å². The van der Waals surface area contributed by atoms with Crippen LogP contribution in [-0.4, -0.2) is 51.8 Å². The zero-order valence-corrected chi connectivity index (χ0v) is 17.6. The topological polar surface area (TPSA) is 76.1 Å². The molecule has 2 fully saturated rings. The van der Waals surface area contributed by atoms with Crippen LogP contribution in [-0.2, 0) is 4.79 Å². The highest BCUT2D eigenvalue weighted by Crippen LogP contribution is 2.50. The Kier molecular flexibility index (Phi) is 5.90. The summed E-state index contributed by atoms with van der Waals surface area (Å²) < 4.78 is 11.3. The molecule has 0 bridgehead atoms. The van der Waals surface area contributed by atoms with Gasteiger partial charge in [-0.3, -0.25) is 4.79 Å². The van der Waals surface area contributed by atoms with Gasteiger partial charge in [0.25, 0.3) is 5.91 Å². The zero-order chi connectivity index (χ0) is 21.1. The molecule has 2 aromatic carbocycles. The van der Waals surface area contributed by atoms with Gasteiger partial charge in [-0.1, -0.05) is 18.2 Å². The number of carbonyl (C=O) groups excluding carboxylic acids is 1. The van der Waals surface area contributed by atoms with Gasteiger partial charge >= 0.3 is 5.97 Å². The van der Waals surface area contributed by atoms with Crippen molar-refractivity contribution >= 4 is 23.6 Å². The van der Waals surface area contributed by atoms with Crippen LogP contribution in [0.4, 0.5) is 0 Å². The number of aliphatic carboxylic acids is 1. The third-order valence-electron chi connectivity index (χ3n) is 5.86. The van der Waals surface area contributed by atoms with Crippen LogP contribution in [0.3, 0.4) is 0 Å². The van der Waals surface area contributed by atoms with Gasteiger partial charge in [0.05, 0.1) is 18.1 Å². The Balaban J connectivity index is 1.48. The van der Waals surface area contributed by atoms with Gasteiger partial charge in [-0.15, -0.1) is 11.8 Å². The van der Waals surface area contributed by atoms with Crippen LogP contribution < -0.4 is 9.47 Å². The molecule has 1 saturated carbocycles. The van der Waals surface area contributed by atoms with Crippen molar-refractivity contribution in [2.75, 3.05) is 12.9 Å². The summed E-state index contributed by atoms with van der Waals surface area (Å²) in [4.78, 5) is 26.3. The predicted octanol–water partition coefficient (Wildman–Crippen LogP) is 4.06. The average Bonchev–Trinajstić information content (AvgIpc) is 3.15. The molecule has 0 aromatic heterocycles. The normalized spacial score (nSPS) is 25.8. The SMILES string of the molecule is COc1ccc(OC2CCC3(CC2)SCC(C(=O)O)N3C(=O)c2ccccc2)cc1. The van der Waals surface area contributed by atoms with Crippen molar-refractivity contribution in [3.8, 4) is 11.5 Å². The third kappa shape index (κ3) is 3.99. The summed E-state index contributed by atoms with van der Waals surface area (Å²) >= 11 is 1.60. The highest BCUT2D eigenvalue weighted by atomic mass is 32.2. The predicted molar refractivity (Wildman–Crippen MR) is 115 cm³/mol. The lowest BCUT2D eigenvalue weighted by molar-refractivity contribution is -0.142.